The lowest BCUT2D eigenvalue weighted by Gasteiger charge is -2.33. The Balaban J connectivity index is 2.51. The highest BCUT2D eigenvalue weighted by molar-refractivity contribution is 8.00. The zero-order valence-corrected chi connectivity index (χ0v) is 12.5. The Bertz CT molecular complexity index is 304. The van der Waals surface area contributed by atoms with Crippen molar-refractivity contribution in [3.8, 4) is 0 Å². The number of nitrogens with zero attached hydrogens (tertiary/aromatic N) is 2. The first kappa shape index (κ1) is 14.9. The average molecular weight is 275 g/mol. The first-order valence-electron chi connectivity index (χ1n) is 5.78. The monoisotopic (exact) mass is 275 g/mol. The molecule has 1 unspecified atom stereocenters. The Morgan fingerprint density at radius 3 is 2.88 bits per heavy atom. The lowest BCUT2D eigenvalue weighted by Crippen LogP contribution is -2.50. The molecule has 0 aliphatic heterocycles. The van der Waals surface area contributed by atoms with Gasteiger partial charge in [0.1, 0.15) is 6.33 Å². The van der Waals surface area contributed by atoms with Crippen LogP contribution in [0.3, 0.4) is 0 Å². The standard InChI is InChI=1S/C11H21N3OS2/c1-5-6-12-9(11(2,3)15-4)7-16-10-13-8-14-17-10/h8-9,12H,5-7H2,1-4H3. The maximum atomic E-state index is 5.56. The molecule has 0 aromatic carbocycles. The van der Waals surface area contributed by atoms with E-state index in [-0.39, 0.29) is 5.60 Å². The van der Waals surface area contributed by atoms with E-state index in [0.29, 0.717) is 6.04 Å². The molecule has 1 aromatic heterocycles. The highest BCUT2D eigenvalue weighted by atomic mass is 32.2. The summed E-state index contributed by atoms with van der Waals surface area (Å²) in [5, 5.41) is 3.53. The molecule has 0 aliphatic carbocycles. The van der Waals surface area contributed by atoms with Gasteiger partial charge in [0.2, 0.25) is 0 Å². The predicted octanol–water partition coefficient (Wildman–Crippen LogP) is 2.42. The molecule has 1 N–H and O–H groups in total. The Morgan fingerprint density at radius 1 is 1.59 bits per heavy atom. The summed E-state index contributed by atoms with van der Waals surface area (Å²) in [7, 11) is 1.76. The lowest BCUT2D eigenvalue weighted by molar-refractivity contribution is -0.00345. The van der Waals surface area contributed by atoms with E-state index >= 15 is 0 Å². The maximum absolute atomic E-state index is 5.56. The van der Waals surface area contributed by atoms with Gasteiger partial charge in [0.05, 0.1) is 5.60 Å². The summed E-state index contributed by atoms with van der Waals surface area (Å²) in [5.41, 5.74) is -0.174. The van der Waals surface area contributed by atoms with E-state index in [0.717, 1.165) is 23.1 Å². The van der Waals surface area contributed by atoms with Crippen molar-refractivity contribution < 1.29 is 4.74 Å². The minimum atomic E-state index is -0.174. The summed E-state index contributed by atoms with van der Waals surface area (Å²) in [6.07, 6.45) is 2.72. The van der Waals surface area contributed by atoms with E-state index in [1.807, 2.05) is 0 Å². The second-order valence-electron chi connectivity index (χ2n) is 4.33. The number of hydrogen-bond acceptors (Lipinski definition) is 6. The molecule has 1 atom stereocenters. The first-order valence-corrected chi connectivity index (χ1v) is 7.54. The van der Waals surface area contributed by atoms with E-state index in [1.54, 1.807) is 25.2 Å². The number of rotatable bonds is 8. The van der Waals surface area contributed by atoms with Gasteiger partial charge >= 0.3 is 0 Å². The van der Waals surface area contributed by atoms with Crippen LogP contribution in [-0.2, 0) is 4.74 Å². The highest BCUT2D eigenvalue weighted by Gasteiger charge is 2.28. The zero-order chi connectivity index (χ0) is 12.7. The van der Waals surface area contributed by atoms with Gasteiger partial charge in [-0.3, -0.25) is 0 Å². The third kappa shape index (κ3) is 4.91. The van der Waals surface area contributed by atoms with Crippen LogP contribution in [0.1, 0.15) is 27.2 Å². The summed E-state index contributed by atoms with van der Waals surface area (Å²) < 4.78 is 10.6. The number of methoxy groups -OCH3 is 1. The Kier molecular flexibility index (Phi) is 6.40. The molecule has 0 saturated carbocycles. The smallest absolute Gasteiger partial charge is 0.169 e. The second-order valence-corrected chi connectivity index (χ2v) is 6.38. The first-order chi connectivity index (χ1) is 8.10. The summed E-state index contributed by atoms with van der Waals surface area (Å²) >= 11 is 3.17. The van der Waals surface area contributed by atoms with Gasteiger partial charge in [-0.05, 0) is 38.3 Å². The molecule has 1 heterocycles. The Morgan fingerprint density at radius 2 is 2.35 bits per heavy atom. The van der Waals surface area contributed by atoms with Crippen molar-refractivity contribution in [3.63, 3.8) is 0 Å². The van der Waals surface area contributed by atoms with E-state index in [1.165, 1.54) is 11.5 Å². The van der Waals surface area contributed by atoms with Crippen LogP contribution in [0.4, 0.5) is 0 Å². The van der Waals surface area contributed by atoms with Crippen LogP contribution in [0.25, 0.3) is 0 Å². The maximum Gasteiger partial charge on any atom is 0.169 e. The van der Waals surface area contributed by atoms with Crippen molar-refractivity contribution >= 4 is 23.3 Å². The molecule has 4 nitrogen and oxygen atoms in total. The van der Waals surface area contributed by atoms with Crippen LogP contribution >= 0.6 is 23.3 Å². The third-order valence-electron chi connectivity index (χ3n) is 2.72. The molecule has 0 fully saturated rings. The predicted molar refractivity (Wildman–Crippen MR) is 73.8 cm³/mol. The van der Waals surface area contributed by atoms with Crippen molar-refractivity contribution in [2.75, 3.05) is 19.4 Å². The van der Waals surface area contributed by atoms with E-state index < -0.39 is 0 Å². The number of thioether (sulfide) groups is 1. The number of aromatic nitrogens is 2. The summed E-state index contributed by atoms with van der Waals surface area (Å²) in [5.74, 6) is 0.941. The van der Waals surface area contributed by atoms with Crippen LogP contribution in [0.2, 0.25) is 0 Å². The van der Waals surface area contributed by atoms with Gasteiger partial charge in [0.25, 0.3) is 0 Å². The molecule has 17 heavy (non-hydrogen) atoms. The van der Waals surface area contributed by atoms with Gasteiger partial charge in [0, 0.05) is 18.9 Å². The van der Waals surface area contributed by atoms with Gasteiger partial charge in [-0.2, -0.15) is 4.37 Å². The van der Waals surface area contributed by atoms with Crippen LogP contribution < -0.4 is 5.32 Å². The Hall–Kier alpha value is -0.170. The van der Waals surface area contributed by atoms with E-state index in [9.17, 15) is 0 Å². The van der Waals surface area contributed by atoms with Gasteiger partial charge in [-0.1, -0.05) is 18.7 Å². The number of ether oxygens (including phenoxy) is 1. The minimum absolute atomic E-state index is 0.174. The lowest BCUT2D eigenvalue weighted by atomic mass is 10.0. The SMILES string of the molecule is CCCNC(CSc1ncns1)C(C)(C)OC. The van der Waals surface area contributed by atoms with Crippen LogP contribution in [0.5, 0.6) is 0 Å². The van der Waals surface area contributed by atoms with Crippen molar-refractivity contribution in [3.05, 3.63) is 6.33 Å². The summed E-state index contributed by atoms with van der Waals surface area (Å²) in [6, 6.07) is 0.307. The molecule has 0 bridgehead atoms. The van der Waals surface area contributed by atoms with Crippen molar-refractivity contribution in [2.24, 2.45) is 0 Å². The quantitative estimate of drug-likeness (QED) is 0.738. The molecular formula is C11H21N3OS2. The summed E-state index contributed by atoms with van der Waals surface area (Å²) in [6.45, 7) is 7.40. The van der Waals surface area contributed by atoms with Gasteiger partial charge < -0.3 is 10.1 Å². The molecule has 0 spiro atoms. The van der Waals surface area contributed by atoms with Crippen LogP contribution in [0, 0.1) is 0 Å². The fourth-order valence-corrected chi connectivity index (χ4v) is 3.12. The van der Waals surface area contributed by atoms with Crippen molar-refractivity contribution in [2.45, 2.75) is 43.2 Å². The second kappa shape index (κ2) is 7.31. The fourth-order valence-electron chi connectivity index (χ4n) is 1.35. The number of hydrogen-bond donors (Lipinski definition) is 1. The van der Waals surface area contributed by atoms with Crippen LogP contribution in [-0.4, -0.2) is 40.4 Å². The van der Waals surface area contributed by atoms with Gasteiger partial charge in [-0.15, -0.1) is 0 Å². The fraction of sp³-hybridized carbons (Fsp3) is 0.818. The topological polar surface area (TPSA) is 47.0 Å². The molecule has 0 saturated heterocycles. The molecular weight excluding hydrogens is 254 g/mol. The Labute approximate surface area is 112 Å². The van der Waals surface area contributed by atoms with Crippen molar-refractivity contribution in [1.82, 2.24) is 14.7 Å². The van der Waals surface area contributed by atoms with E-state index in [4.69, 9.17) is 4.74 Å². The molecule has 1 aromatic rings. The number of nitrogens with one attached hydrogen (secondary N) is 1. The molecule has 1 rings (SSSR count). The average Bonchev–Trinajstić information content (AvgIpc) is 2.82. The zero-order valence-electron chi connectivity index (χ0n) is 10.9. The van der Waals surface area contributed by atoms with Crippen LogP contribution in [0.15, 0.2) is 10.7 Å². The van der Waals surface area contributed by atoms with Gasteiger partial charge in [0.15, 0.2) is 4.34 Å². The summed E-state index contributed by atoms with van der Waals surface area (Å²) in [4.78, 5) is 4.18. The highest BCUT2D eigenvalue weighted by Crippen LogP contribution is 2.24. The largest absolute Gasteiger partial charge is 0.377 e. The minimum Gasteiger partial charge on any atom is -0.377 e. The molecule has 98 valence electrons. The molecule has 0 aliphatic rings. The molecule has 0 radical (unpaired) electrons. The van der Waals surface area contributed by atoms with Crippen molar-refractivity contribution in [1.29, 1.82) is 0 Å². The van der Waals surface area contributed by atoms with Gasteiger partial charge in [-0.25, -0.2) is 4.98 Å². The van der Waals surface area contributed by atoms with E-state index in [2.05, 4.69) is 35.4 Å². The normalized spacial score (nSPS) is 13.9. The molecule has 0 amide bonds. The molecule has 6 heteroatoms. The third-order valence-corrected chi connectivity index (χ3v) is 4.61.